The van der Waals surface area contributed by atoms with Gasteiger partial charge in [0.25, 0.3) is 0 Å². The van der Waals surface area contributed by atoms with Gasteiger partial charge in [0.2, 0.25) is 11.7 Å². The third-order valence-electron chi connectivity index (χ3n) is 4.14. The van der Waals surface area contributed by atoms with E-state index >= 15 is 0 Å². The van der Waals surface area contributed by atoms with Gasteiger partial charge in [0.15, 0.2) is 6.04 Å². The maximum atomic E-state index is 12.5. The maximum absolute atomic E-state index is 12.5. The van der Waals surface area contributed by atoms with Crippen molar-refractivity contribution in [2.75, 3.05) is 13.1 Å². The Kier molecular flexibility index (Phi) is 7.16. The molecular weight excluding hydrogens is 363 g/mol. The summed E-state index contributed by atoms with van der Waals surface area (Å²) in [5, 5.41) is 19.5. The van der Waals surface area contributed by atoms with Crippen LogP contribution in [0.1, 0.15) is 32.2 Å². The Bertz CT molecular complexity index is 684. The third-order valence-corrected chi connectivity index (χ3v) is 4.39. The molecule has 1 amide bonds. The average molecular weight is 385 g/mol. The van der Waals surface area contributed by atoms with Crippen molar-refractivity contribution in [2.45, 2.75) is 38.3 Å². The second kappa shape index (κ2) is 9.12. The molecule has 9 heteroatoms. The Balaban J connectivity index is 0.00000225. The summed E-state index contributed by atoms with van der Waals surface area (Å²) in [5.41, 5.74) is 0.817. The first-order valence-electron chi connectivity index (χ1n) is 8.24. The van der Waals surface area contributed by atoms with Gasteiger partial charge in [-0.05, 0) is 55.3 Å². The molecule has 0 aliphatic carbocycles. The van der Waals surface area contributed by atoms with Gasteiger partial charge in [0, 0.05) is 23.2 Å². The topological polar surface area (TPSA) is 84.7 Å². The number of piperidine rings is 1. The predicted molar refractivity (Wildman–Crippen MR) is 98.9 cm³/mol. The van der Waals surface area contributed by atoms with Crippen LogP contribution in [0.4, 0.5) is 0 Å². The SMILES string of the molecule is CCC(C(=O)NC1CCCNC1)n1nnc(-c2ccc(Cl)cc2)n1.Cl. The monoisotopic (exact) mass is 384 g/mol. The van der Waals surface area contributed by atoms with E-state index in [0.29, 0.717) is 17.3 Å². The summed E-state index contributed by atoms with van der Waals surface area (Å²) < 4.78 is 0. The number of hydrogen-bond acceptors (Lipinski definition) is 5. The molecule has 0 saturated carbocycles. The molecule has 1 aromatic heterocycles. The van der Waals surface area contributed by atoms with Gasteiger partial charge in [0.05, 0.1) is 0 Å². The highest BCUT2D eigenvalue weighted by Gasteiger charge is 2.25. The van der Waals surface area contributed by atoms with Crippen LogP contribution < -0.4 is 10.6 Å². The molecule has 0 radical (unpaired) electrons. The second-order valence-corrected chi connectivity index (χ2v) is 6.35. The van der Waals surface area contributed by atoms with E-state index in [1.807, 2.05) is 19.1 Å². The molecule has 136 valence electrons. The molecule has 2 atom stereocenters. The summed E-state index contributed by atoms with van der Waals surface area (Å²) >= 11 is 5.89. The zero-order valence-electron chi connectivity index (χ0n) is 14.0. The Morgan fingerprint density at radius 1 is 1.44 bits per heavy atom. The highest BCUT2D eigenvalue weighted by atomic mass is 35.5. The number of rotatable bonds is 5. The zero-order chi connectivity index (χ0) is 16.9. The zero-order valence-corrected chi connectivity index (χ0v) is 15.6. The molecule has 1 saturated heterocycles. The molecular formula is C16H22Cl2N6O. The lowest BCUT2D eigenvalue weighted by molar-refractivity contribution is -0.125. The van der Waals surface area contributed by atoms with Crippen LogP contribution in [0, 0.1) is 0 Å². The number of benzene rings is 1. The minimum absolute atomic E-state index is 0. The smallest absolute Gasteiger partial charge is 0.247 e. The number of amides is 1. The van der Waals surface area contributed by atoms with E-state index in [2.05, 4.69) is 26.0 Å². The predicted octanol–water partition coefficient (Wildman–Crippen LogP) is 2.23. The Hall–Kier alpha value is -1.70. The lowest BCUT2D eigenvalue weighted by atomic mass is 10.1. The normalized spacial score (nSPS) is 18.2. The van der Waals surface area contributed by atoms with Crippen LogP contribution in [0.2, 0.25) is 5.02 Å². The molecule has 1 aliphatic rings. The van der Waals surface area contributed by atoms with Gasteiger partial charge in [-0.15, -0.1) is 22.6 Å². The van der Waals surface area contributed by atoms with Gasteiger partial charge < -0.3 is 10.6 Å². The summed E-state index contributed by atoms with van der Waals surface area (Å²) in [4.78, 5) is 13.9. The van der Waals surface area contributed by atoms with Crippen LogP contribution in [0.5, 0.6) is 0 Å². The van der Waals surface area contributed by atoms with E-state index in [0.717, 1.165) is 31.5 Å². The van der Waals surface area contributed by atoms with E-state index in [-0.39, 0.29) is 24.4 Å². The van der Waals surface area contributed by atoms with Crippen molar-refractivity contribution in [2.24, 2.45) is 0 Å². The minimum Gasteiger partial charge on any atom is -0.350 e. The maximum Gasteiger partial charge on any atom is 0.247 e. The summed E-state index contributed by atoms with van der Waals surface area (Å²) in [6.45, 7) is 3.76. The molecule has 7 nitrogen and oxygen atoms in total. The Morgan fingerprint density at radius 2 is 2.20 bits per heavy atom. The van der Waals surface area contributed by atoms with Crippen LogP contribution in [-0.2, 0) is 4.79 Å². The van der Waals surface area contributed by atoms with Crippen molar-refractivity contribution in [1.29, 1.82) is 0 Å². The molecule has 0 bridgehead atoms. The molecule has 1 aliphatic heterocycles. The molecule has 3 rings (SSSR count). The number of aromatic nitrogens is 4. The fourth-order valence-corrected chi connectivity index (χ4v) is 2.92. The number of carbonyl (C=O) groups is 1. The first kappa shape index (κ1) is 19.6. The molecule has 2 heterocycles. The number of nitrogens with one attached hydrogen (secondary N) is 2. The average Bonchev–Trinajstić information content (AvgIpc) is 3.07. The van der Waals surface area contributed by atoms with Crippen molar-refractivity contribution in [3.8, 4) is 11.4 Å². The fourth-order valence-electron chi connectivity index (χ4n) is 2.80. The summed E-state index contributed by atoms with van der Waals surface area (Å²) in [7, 11) is 0. The third kappa shape index (κ3) is 4.90. The number of halogens is 2. The molecule has 25 heavy (non-hydrogen) atoms. The summed E-state index contributed by atoms with van der Waals surface area (Å²) in [6.07, 6.45) is 2.67. The standard InChI is InChI=1S/C16H21ClN6O.ClH/c1-2-14(16(24)19-13-4-3-9-18-10-13)23-21-15(20-22-23)11-5-7-12(17)8-6-11;/h5-8,13-14,18H,2-4,9-10H2,1H3,(H,19,24);1H. The number of nitrogens with zero attached hydrogens (tertiary/aromatic N) is 4. The highest BCUT2D eigenvalue weighted by molar-refractivity contribution is 6.30. The largest absolute Gasteiger partial charge is 0.350 e. The molecule has 2 aromatic rings. The van der Waals surface area contributed by atoms with E-state index in [4.69, 9.17) is 11.6 Å². The van der Waals surface area contributed by atoms with Gasteiger partial charge in [0.1, 0.15) is 0 Å². The van der Waals surface area contributed by atoms with Crippen molar-refractivity contribution in [3.63, 3.8) is 0 Å². The number of tetrazole rings is 1. The molecule has 1 fully saturated rings. The van der Waals surface area contributed by atoms with E-state index in [9.17, 15) is 4.79 Å². The van der Waals surface area contributed by atoms with E-state index in [1.165, 1.54) is 4.80 Å². The van der Waals surface area contributed by atoms with Crippen LogP contribution in [0.15, 0.2) is 24.3 Å². The van der Waals surface area contributed by atoms with Crippen LogP contribution >= 0.6 is 24.0 Å². The molecule has 0 spiro atoms. The van der Waals surface area contributed by atoms with Gasteiger partial charge >= 0.3 is 0 Å². The lowest BCUT2D eigenvalue weighted by Crippen LogP contribution is -2.47. The van der Waals surface area contributed by atoms with Gasteiger partial charge in [-0.1, -0.05) is 18.5 Å². The van der Waals surface area contributed by atoms with Crippen molar-refractivity contribution >= 4 is 29.9 Å². The number of hydrogen-bond donors (Lipinski definition) is 2. The summed E-state index contributed by atoms with van der Waals surface area (Å²) in [5.74, 6) is 0.420. The van der Waals surface area contributed by atoms with Gasteiger partial charge in [-0.25, -0.2) is 0 Å². The second-order valence-electron chi connectivity index (χ2n) is 5.92. The first-order valence-corrected chi connectivity index (χ1v) is 8.61. The van der Waals surface area contributed by atoms with E-state index < -0.39 is 6.04 Å². The number of carbonyl (C=O) groups excluding carboxylic acids is 1. The van der Waals surface area contributed by atoms with E-state index in [1.54, 1.807) is 12.1 Å². The van der Waals surface area contributed by atoms with Crippen molar-refractivity contribution < 1.29 is 4.79 Å². The Morgan fingerprint density at radius 3 is 2.84 bits per heavy atom. The Labute approximate surface area is 157 Å². The quantitative estimate of drug-likeness (QED) is 0.825. The van der Waals surface area contributed by atoms with Crippen LogP contribution in [0.25, 0.3) is 11.4 Å². The molecule has 1 aromatic carbocycles. The fraction of sp³-hybridized carbons (Fsp3) is 0.500. The first-order chi connectivity index (χ1) is 11.7. The minimum atomic E-state index is -0.458. The van der Waals surface area contributed by atoms with Crippen LogP contribution in [-0.4, -0.2) is 45.2 Å². The summed E-state index contributed by atoms with van der Waals surface area (Å²) in [6, 6.07) is 6.92. The van der Waals surface area contributed by atoms with Crippen molar-refractivity contribution in [1.82, 2.24) is 30.8 Å². The van der Waals surface area contributed by atoms with Gasteiger partial charge in [-0.2, -0.15) is 4.80 Å². The van der Waals surface area contributed by atoms with Crippen LogP contribution in [0.3, 0.4) is 0 Å². The lowest BCUT2D eigenvalue weighted by Gasteiger charge is -2.25. The van der Waals surface area contributed by atoms with Gasteiger partial charge in [-0.3, -0.25) is 4.79 Å². The molecule has 2 unspecified atom stereocenters. The highest BCUT2D eigenvalue weighted by Crippen LogP contribution is 2.18. The molecule has 2 N–H and O–H groups in total. The van der Waals surface area contributed by atoms with Crippen molar-refractivity contribution in [3.05, 3.63) is 29.3 Å².